The van der Waals surface area contributed by atoms with Crippen LogP contribution in [0, 0.1) is 0 Å². The Labute approximate surface area is 60.2 Å². The summed E-state index contributed by atoms with van der Waals surface area (Å²) in [5.41, 5.74) is 5.20. The quantitative estimate of drug-likeness (QED) is 0.345. The summed E-state index contributed by atoms with van der Waals surface area (Å²) in [6.07, 6.45) is 0. The van der Waals surface area contributed by atoms with Gasteiger partial charge in [0.25, 0.3) is 0 Å². The molecular formula is C3H3ClN4O2. The van der Waals surface area contributed by atoms with Crippen molar-refractivity contribution >= 4 is 22.6 Å². The van der Waals surface area contributed by atoms with Gasteiger partial charge >= 0.3 is 0 Å². The Morgan fingerprint density at radius 3 is 2.80 bits per heavy atom. The average Bonchev–Trinajstić information content (AvgIpc) is 2.34. The van der Waals surface area contributed by atoms with Crippen LogP contribution in [0.15, 0.2) is 9.78 Å². The number of oxime groups is 1. The molecule has 54 valence electrons. The highest BCUT2D eigenvalue weighted by molar-refractivity contribution is 6.69. The zero-order chi connectivity index (χ0) is 7.56. The first-order valence-corrected chi connectivity index (χ1v) is 2.59. The van der Waals surface area contributed by atoms with E-state index in [2.05, 4.69) is 20.1 Å². The maximum absolute atomic E-state index is 8.12. The van der Waals surface area contributed by atoms with E-state index in [1.54, 1.807) is 0 Å². The van der Waals surface area contributed by atoms with Gasteiger partial charge in [-0.15, -0.1) is 0 Å². The molecule has 0 aliphatic rings. The lowest BCUT2D eigenvalue weighted by Gasteiger charge is -1.84. The normalized spacial score (nSPS) is 11.9. The van der Waals surface area contributed by atoms with E-state index in [1.165, 1.54) is 0 Å². The lowest BCUT2D eigenvalue weighted by atomic mass is 10.5. The highest BCUT2D eigenvalue weighted by Gasteiger charge is 2.10. The molecule has 10 heavy (non-hydrogen) atoms. The Kier molecular flexibility index (Phi) is 1.72. The number of hydrogen-bond acceptors (Lipinski definition) is 6. The molecule has 0 saturated heterocycles. The Bertz CT molecular complexity index is 257. The predicted octanol–water partition coefficient (Wildman–Crippen LogP) is 0.0264. The number of nitrogen functional groups attached to an aromatic ring is 1. The van der Waals surface area contributed by atoms with Crippen LogP contribution in [0.3, 0.4) is 0 Å². The molecule has 1 aromatic rings. The minimum absolute atomic E-state index is 0.0113. The third-order valence-corrected chi connectivity index (χ3v) is 1.05. The van der Waals surface area contributed by atoms with Gasteiger partial charge in [0.1, 0.15) is 0 Å². The zero-order valence-corrected chi connectivity index (χ0v) is 5.41. The van der Waals surface area contributed by atoms with Gasteiger partial charge in [-0.05, 0) is 10.3 Å². The topological polar surface area (TPSA) is 97.5 Å². The van der Waals surface area contributed by atoms with Gasteiger partial charge in [-0.25, -0.2) is 4.63 Å². The molecule has 0 atom stereocenters. The van der Waals surface area contributed by atoms with Gasteiger partial charge in [-0.3, -0.25) is 0 Å². The molecule has 1 heterocycles. The summed E-state index contributed by atoms with van der Waals surface area (Å²) in [5, 5.41) is 17.0. The van der Waals surface area contributed by atoms with Crippen molar-refractivity contribution in [2.75, 3.05) is 5.73 Å². The Hall–Kier alpha value is -1.30. The van der Waals surface area contributed by atoms with Crippen molar-refractivity contribution in [1.82, 2.24) is 10.3 Å². The fourth-order valence-electron chi connectivity index (χ4n) is 0.386. The van der Waals surface area contributed by atoms with E-state index < -0.39 is 0 Å². The van der Waals surface area contributed by atoms with E-state index >= 15 is 0 Å². The second-order valence-electron chi connectivity index (χ2n) is 1.39. The Morgan fingerprint density at radius 2 is 2.40 bits per heavy atom. The minimum atomic E-state index is -0.251. The van der Waals surface area contributed by atoms with Gasteiger partial charge in [0, 0.05) is 0 Å². The molecule has 0 unspecified atom stereocenters. The van der Waals surface area contributed by atoms with E-state index in [0.717, 1.165) is 0 Å². The third kappa shape index (κ3) is 1.01. The summed E-state index contributed by atoms with van der Waals surface area (Å²) in [5.74, 6) is -0.0113. The monoisotopic (exact) mass is 162 g/mol. The number of nitrogens with zero attached hydrogens (tertiary/aromatic N) is 3. The van der Waals surface area contributed by atoms with E-state index in [9.17, 15) is 0 Å². The number of anilines is 1. The molecule has 0 aliphatic carbocycles. The van der Waals surface area contributed by atoms with Crippen molar-refractivity contribution in [2.45, 2.75) is 0 Å². The lowest BCUT2D eigenvalue weighted by Crippen LogP contribution is -1.97. The van der Waals surface area contributed by atoms with Gasteiger partial charge in [0.15, 0.2) is 11.5 Å². The van der Waals surface area contributed by atoms with Crippen LogP contribution in [0.5, 0.6) is 0 Å². The van der Waals surface area contributed by atoms with Gasteiger partial charge in [0.2, 0.25) is 5.17 Å². The number of halogens is 1. The maximum atomic E-state index is 8.12. The number of nitrogens with two attached hydrogens (primary N) is 1. The van der Waals surface area contributed by atoms with E-state index in [-0.39, 0.29) is 16.7 Å². The molecule has 0 aliphatic heterocycles. The van der Waals surface area contributed by atoms with Crippen molar-refractivity contribution in [3.05, 3.63) is 5.69 Å². The van der Waals surface area contributed by atoms with Gasteiger partial charge in [-0.1, -0.05) is 16.8 Å². The molecule has 3 N–H and O–H groups in total. The number of rotatable bonds is 1. The van der Waals surface area contributed by atoms with Crippen molar-refractivity contribution < 1.29 is 9.84 Å². The summed E-state index contributed by atoms with van der Waals surface area (Å²) >= 11 is 5.29. The Balaban J connectivity index is 3.05. The van der Waals surface area contributed by atoms with E-state index in [4.69, 9.17) is 22.5 Å². The zero-order valence-electron chi connectivity index (χ0n) is 4.65. The predicted molar refractivity (Wildman–Crippen MR) is 32.9 cm³/mol. The molecule has 0 aromatic carbocycles. The standard InChI is InChI=1S/C3H3ClN4O2/c4-2(6-9)1-3(5)8-10-7-1/h9H,(H2,5,8)/b6-2+. The van der Waals surface area contributed by atoms with Crippen LogP contribution in [-0.2, 0) is 0 Å². The van der Waals surface area contributed by atoms with Crippen LogP contribution in [-0.4, -0.2) is 20.7 Å². The van der Waals surface area contributed by atoms with Crippen LogP contribution < -0.4 is 5.73 Å². The summed E-state index contributed by atoms with van der Waals surface area (Å²) < 4.78 is 4.17. The van der Waals surface area contributed by atoms with Crippen LogP contribution in [0.4, 0.5) is 5.82 Å². The Morgan fingerprint density at radius 1 is 1.70 bits per heavy atom. The second kappa shape index (κ2) is 2.53. The highest BCUT2D eigenvalue weighted by Crippen LogP contribution is 2.07. The molecule has 0 spiro atoms. The number of hydrogen-bond donors (Lipinski definition) is 2. The fraction of sp³-hybridized carbons (Fsp3) is 0. The molecular weight excluding hydrogens is 160 g/mol. The van der Waals surface area contributed by atoms with Crippen molar-refractivity contribution in [1.29, 1.82) is 0 Å². The van der Waals surface area contributed by atoms with Crippen LogP contribution in [0.25, 0.3) is 0 Å². The SMILES string of the molecule is Nc1nonc1/C(Cl)=N\O. The molecule has 0 radical (unpaired) electrons. The molecule has 0 saturated carbocycles. The van der Waals surface area contributed by atoms with Crippen LogP contribution in [0.1, 0.15) is 5.69 Å². The van der Waals surface area contributed by atoms with Crippen molar-refractivity contribution in [3.8, 4) is 0 Å². The smallest absolute Gasteiger partial charge is 0.201 e. The lowest BCUT2D eigenvalue weighted by molar-refractivity contribution is 0.305. The maximum Gasteiger partial charge on any atom is 0.201 e. The molecule has 0 fully saturated rings. The summed E-state index contributed by atoms with van der Waals surface area (Å²) in [7, 11) is 0. The van der Waals surface area contributed by atoms with Crippen LogP contribution in [0.2, 0.25) is 0 Å². The largest absolute Gasteiger partial charge is 0.410 e. The first-order valence-electron chi connectivity index (χ1n) is 2.21. The van der Waals surface area contributed by atoms with Crippen LogP contribution >= 0.6 is 11.6 Å². The minimum Gasteiger partial charge on any atom is -0.410 e. The van der Waals surface area contributed by atoms with Crippen molar-refractivity contribution in [3.63, 3.8) is 0 Å². The third-order valence-electron chi connectivity index (χ3n) is 0.797. The summed E-state index contributed by atoms with van der Waals surface area (Å²) in [6, 6.07) is 0. The molecule has 0 amide bonds. The van der Waals surface area contributed by atoms with Crippen molar-refractivity contribution in [2.24, 2.45) is 5.16 Å². The second-order valence-corrected chi connectivity index (χ2v) is 1.75. The van der Waals surface area contributed by atoms with E-state index in [1.807, 2.05) is 0 Å². The molecule has 1 aromatic heterocycles. The number of aromatic nitrogens is 2. The molecule has 0 bridgehead atoms. The molecule has 7 heteroatoms. The highest BCUT2D eigenvalue weighted by atomic mass is 35.5. The first kappa shape index (κ1) is 6.81. The first-order chi connectivity index (χ1) is 4.75. The molecule has 6 nitrogen and oxygen atoms in total. The van der Waals surface area contributed by atoms with E-state index in [0.29, 0.717) is 0 Å². The average molecular weight is 163 g/mol. The summed E-state index contributed by atoms with van der Waals surface area (Å²) in [6.45, 7) is 0. The molecule has 1 rings (SSSR count). The summed E-state index contributed by atoms with van der Waals surface area (Å²) in [4.78, 5) is 0. The van der Waals surface area contributed by atoms with Gasteiger partial charge < -0.3 is 10.9 Å². The van der Waals surface area contributed by atoms with Gasteiger partial charge in [-0.2, -0.15) is 0 Å². The fourth-order valence-corrected chi connectivity index (χ4v) is 0.517. The van der Waals surface area contributed by atoms with Gasteiger partial charge in [0.05, 0.1) is 0 Å².